The molecule has 102 valence electrons. The van der Waals surface area contributed by atoms with Gasteiger partial charge in [0, 0.05) is 12.5 Å². The van der Waals surface area contributed by atoms with Crippen LogP contribution < -0.4 is 10.3 Å². The molecule has 0 fully saturated rings. The van der Waals surface area contributed by atoms with Gasteiger partial charge in [-0.1, -0.05) is 0 Å². The van der Waals surface area contributed by atoms with Crippen molar-refractivity contribution in [3.63, 3.8) is 0 Å². The van der Waals surface area contributed by atoms with Gasteiger partial charge in [0.1, 0.15) is 5.00 Å². The number of carbonyl (C=O) groups excluding carboxylic acids is 1. The number of hydrogen-bond donors (Lipinski definition) is 1. The van der Waals surface area contributed by atoms with Crippen molar-refractivity contribution in [2.24, 2.45) is 0 Å². The van der Waals surface area contributed by atoms with Crippen molar-refractivity contribution in [1.82, 2.24) is 14.5 Å². The number of aromatic amines is 1. The average Bonchev–Trinajstić information content (AvgIpc) is 2.98. The molecule has 0 aliphatic carbocycles. The summed E-state index contributed by atoms with van der Waals surface area (Å²) in [5.41, 5.74) is 0.819. The van der Waals surface area contributed by atoms with E-state index in [0.29, 0.717) is 22.5 Å². The molecule has 0 spiro atoms. The number of thiophene rings is 1. The fraction of sp³-hybridized carbons (Fsp3) is 0.154. The summed E-state index contributed by atoms with van der Waals surface area (Å²) in [4.78, 5) is 30.0. The fourth-order valence-electron chi connectivity index (χ4n) is 2.13. The smallest absolute Gasteiger partial charge is 0.309 e. The Kier molecular flexibility index (Phi) is 2.90. The topological polar surface area (TPSA) is 77.0 Å². The molecule has 7 heteroatoms. The van der Waals surface area contributed by atoms with E-state index >= 15 is 0 Å². The molecule has 0 unspecified atom stereocenters. The second kappa shape index (κ2) is 4.61. The quantitative estimate of drug-likeness (QED) is 0.732. The Morgan fingerprint density at radius 1 is 1.50 bits per heavy atom. The lowest BCUT2D eigenvalue weighted by Crippen LogP contribution is -2.07. The summed E-state index contributed by atoms with van der Waals surface area (Å²) in [6, 6.07) is 3.76. The molecule has 0 aliphatic heterocycles. The largest absolute Gasteiger partial charge is 0.409 e. The third-order valence-corrected chi connectivity index (χ3v) is 3.76. The van der Waals surface area contributed by atoms with E-state index in [1.54, 1.807) is 11.5 Å². The van der Waals surface area contributed by atoms with Crippen LogP contribution in [0.2, 0.25) is 0 Å². The molecule has 3 aromatic heterocycles. The Balaban J connectivity index is 2.43. The van der Waals surface area contributed by atoms with Crippen LogP contribution in [0.4, 0.5) is 0 Å². The first-order chi connectivity index (χ1) is 9.59. The minimum Gasteiger partial charge on any atom is -0.409 e. The molecule has 0 saturated heterocycles. The van der Waals surface area contributed by atoms with Crippen LogP contribution in [-0.4, -0.2) is 20.5 Å². The number of H-pyrrole nitrogens is 1. The Hall–Kier alpha value is -2.41. The van der Waals surface area contributed by atoms with E-state index in [2.05, 4.69) is 9.97 Å². The van der Waals surface area contributed by atoms with E-state index in [1.165, 1.54) is 24.6 Å². The molecule has 3 rings (SSSR count). The minimum absolute atomic E-state index is 0.254. The summed E-state index contributed by atoms with van der Waals surface area (Å²) < 4.78 is 6.96. The lowest BCUT2D eigenvalue weighted by molar-refractivity contribution is -0.132. The van der Waals surface area contributed by atoms with Crippen LogP contribution in [0.5, 0.6) is 5.88 Å². The average molecular weight is 289 g/mol. The van der Waals surface area contributed by atoms with Gasteiger partial charge in [0.15, 0.2) is 5.65 Å². The van der Waals surface area contributed by atoms with E-state index in [-0.39, 0.29) is 5.56 Å². The Labute approximate surface area is 117 Å². The van der Waals surface area contributed by atoms with Crippen molar-refractivity contribution in [3.8, 4) is 10.9 Å². The van der Waals surface area contributed by atoms with Gasteiger partial charge in [-0.15, -0.1) is 11.3 Å². The summed E-state index contributed by atoms with van der Waals surface area (Å²) in [6.45, 7) is 3.06. The molecule has 6 nitrogen and oxygen atoms in total. The molecule has 3 aromatic rings. The van der Waals surface area contributed by atoms with Gasteiger partial charge in [-0.3, -0.25) is 14.2 Å². The lowest BCUT2D eigenvalue weighted by Gasteiger charge is -2.07. The van der Waals surface area contributed by atoms with Gasteiger partial charge in [0.2, 0.25) is 5.88 Å². The van der Waals surface area contributed by atoms with Gasteiger partial charge in [0.05, 0.1) is 11.7 Å². The van der Waals surface area contributed by atoms with E-state index in [4.69, 9.17) is 4.74 Å². The first-order valence-corrected chi connectivity index (χ1v) is 6.78. The molecule has 0 radical (unpaired) electrons. The van der Waals surface area contributed by atoms with Gasteiger partial charge >= 0.3 is 5.97 Å². The first kappa shape index (κ1) is 12.6. The SMILES string of the molecule is CC(=O)Oc1c(C)c2c(=O)[nH]cnc2n1-c1cccs1. The van der Waals surface area contributed by atoms with Crippen LogP contribution in [0, 0.1) is 6.92 Å². The maximum Gasteiger partial charge on any atom is 0.309 e. The lowest BCUT2D eigenvalue weighted by atomic mass is 10.2. The van der Waals surface area contributed by atoms with Gasteiger partial charge < -0.3 is 9.72 Å². The normalized spacial score (nSPS) is 10.9. The molecule has 0 atom stereocenters. The first-order valence-electron chi connectivity index (χ1n) is 5.90. The summed E-state index contributed by atoms with van der Waals surface area (Å²) in [5.74, 6) is -0.107. The second-order valence-corrected chi connectivity index (χ2v) is 5.17. The summed E-state index contributed by atoms with van der Waals surface area (Å²) in [7, 11) is 0. The van der Waals surface area contributed by atoms with Gasteiger partial charge in [-0.25, -0.2) is 4.98 Å². The number of aromatic nitrogens is 3. The molecule has 0 saturated carbocycles. The van der Waals surface area contributed by atoms with Crippen molar-refractivity contribution in [2.75, 3.05) is 0 Å². The Morgan fingerprint density at radius 2 is 2.30 bits per heavy atom. The van der Waals surface area contributed by atoms with Gasteiger partial charge in [-0.2, -0.15) is 0 Å². The monoisotopic (exact) mass is 289 g/mol. The third-order valence-electron chi connectivity index (χ3n) is 2.91. The van der Waals surface area contributed by atoms with Crippen LogP contribution in [0.25, 0.3) is 16.0 Å². The summed E-state index contributed by atoms with van der Waals surface area (Å²) >= 11 is 1.47. The number of nitrogens with one attached hydrogen (secondary N) is 1. The predicted molar refractivity (Wildman–Crippen MR) is 75.6 cm³/mol. The summed E-state index contributed by atoms with van der Waals surface area (Å²) in [5, 5.41) is 3.16. The van der Waals surface area contributed by atoms with E-state index < -0.39 is 5.97 Å². The van der Waals surface area contributed by atoms with Gasteiger partial charge in [-0.05, 0) is 24.4 Å². The zero-order valence-electron chi connectivity index (χ0n) is 10.8. The van der Waals surface area contributed by atoms with Crippen LogP contribution >= 0.6 is 11.3 Å². The van der Waals surface area contributed by atoms with Gasteiger partial charge in [0.25, 0.3) is 5.56 Å². The highest BCUT2D eigenvalue weighted by Gasteiger charge is 2.21. The van der Waals surface area contributed by atoms with Crippen molar-refractivity contribution in [2.45, 2.75) is 13.8 Å². The maximum absolute atomic E-state index is 12.0. The molecule has 0 amide bonds. The number of nitrogens with zero attached hydrogens (tertiary/aromatic N) is 2. The fourth-order valence-corrected chi connectivity index (χ4v) is 2.86. The highest BCUT2D eigenvalue weighted by Crippen LogP contribution is 2.33. The third kappa shape index (κ3) is 1.83. The van der Waals surface area contributed by atoms with Crippen LogP contribution in [-0.2, 0) is 4.79 Å². The van der Waals surface area contributed by atoms with Crippen molar-refractivity contribution < 1.29 is 9.53 Å². The van der Waals surface area contributed by atoms with Crippen molar-refractivity contribution >= 4 is 28.3 Å². The van der Waals surface area contributed by atoms with Crippen LogP contribution in [0.3, 0.4) is 0 Å². The predicted octanol–water partition coefficient (Wildman–Crippen LogP) is 2.01. The number of ether oxygens (including phenoxy) is 1. The maximum atomic E-state index is 12.0. The molecular weight excluding hydrogens is 278 g/mol. The number of fused-ring (bicyclic) bond motifs is 1. The molecule has 20 heavy (non-hydrogen) atoms. The number of esters is 1. The number of hydrogen-bond acceptors (Lipinski definition) is 5. The Bertz CT molecular complexity index is 846. The molecular formula is C13H11N3O3S. The molecule has 0 bridgehead atoms. The number of carbonyl (C=O) groups is 1. The zero-order chi connectivity index (χ0) is 14.3. The number of rotatable bonds is 2. The van der Waals surface area contributed by atoms with Crippen LogP contribution in [0.1, 0.15) is 12.5 Å². The molecule has 3 heterocycles. The molecule has 1 N–H and O–H groups in total. The Morgan fingerprint density at radius 3 is 2.95 bits per heavy atom. The zero-order valence-corrected chi connectivity index (χ0v) is 11.7. The second-order valence-electron chi connectivity index (χ2n) is 4.24. The van der Waals surface area contributed by atoms with Crippen molar-refractivity contribution in [1.29, 1.82) is 0 Å². The van der Waals surface area contributed by atoms with E-state index in [9.17, 15) is 9.59 Å². The van der Waals surface area contributed by atoms with Crippen molar-refractivity contribution in [3.05, 3.63) is 39.8 Å². The summed E-state index contributed by atoms with van der Waals surface area (Å²) in [6.07, 6.45) is 1.34. The van der Waals surface area contributed by atoms with Crippen LogP contribution in [0.15, 0.2) is 28.6 Å². The highest BCUT2D eigenvalue weighted by molar-refractivity contribution is 7.12. The van der Waals surface area contributed by atoms with E-state index in [0.717, 1.165) is 5.00 Å². The molecule has 0 aromatic carbocycles. The minimum atomic E-state index is -0.440. The molecule has 0 aliphatic rings. The standard InChI is InChI=1S/C13H11N3O3S/c1-7-10-11(14-6-15-12(10)18)16(9-4-3-5-20-9)13(7)19-8(2)17/h3-6H,1-2H3,(H,14,15,18). The van der Waals surface area contributed by atoms with E-state index in [1.807, 2.05) is 17.5 Å². The number of aryl methyl sites for hydroxylation is 1. The highest BCUT2D eigenvalue weighted by atomic mass is 32.1.